The zero-order valence-electron chi connectivity index (χ0n) is 12.2. The zero-order chi connectivity index (χ0) is 13.5. The minimum Gasteiger partial charge on any atom is -0.493 e. The Morgan fingerprint density at radius 3 is 2.37 bits per heavy atom. The summed E-state index contributed by atoms with van der Waals surface area (Å²) in [4.78, 5) is 0. The molecule has 3 heteroatoms. The van der Waals surface area contributed by atoms with E-state index in [1.54, 1.807) is 14.2 Å². The summed E-state index contributed by atoms with van der Waals surface area (Å²) in [7, 11) is 3.44. The van der Waals surface area contributed by atoms with Gasteiger partial charge in [-0.2, -0.15) is 0 Å². The highest BCUT2D eigenvalue weighted by molar-refractivity contribution is 5.51. The number of nitrogens with two attached hydrogens (primary N) is 1. The van der Waals surface area contributed by atoms with E-state index >= 15 is 0 Å². The summed E-state index contributed by atoms with van der Waals surface area (Å²) in [5, 5.41) is 2.49. The Labute approximate surface area is 115 Å². The Morgan fingerprint density at radius 2 is 1.74 bits per heavy atom. The van der Waals surface area contributed by atoms with Crippen LogP contribution < -0.4 is 14.8 Å². The Balaban J connectivity index is 2.15. The standard InChI is InChI=1S/C16H23NO2/c1-11-12-8-14(18-2)15(19-3)9-13(12)16(10-17-11)6-4-5-7-16/h8-9,11,17H,4-7,10H2,1-3H3/p+1/t11-/m0/s1. The maximum atomic E-state index is 5.51. The smallest absolute Gasteiger partial charge is 0.161 e. The Kier molecular flexibility index (Phi) is 3.17. The second-order valence-electron chi connectivity index (χ2n) is 6.01. The number of ether oxygens (including phenoxy) is 2. The van der Waals surface area contributed by atoms with Crippen molar-refractivity contribution < 1.29 is 14.8 Å². The van der Waals surface area contributed by atoms with Crippen molar-refractivity contribution >= 4 is 0 Å². The number of benzene rings is 1. The molecule has 1 aromatic carbocycles. The lowest BCUT2D eigenvalue weighted by Gasteiger charge is -2.37. The molecular formula is C16H24NO2+. The molecule has 3 rings (SSSR count). The van der Waals surface area contributed by atoms with Gasteiger partial charge in [-0.15, -0.1) is 0 Å². The van der Waals surface area contributed by atoms with Crippen molar-refractivity contribution in [3.63, 3.8) is 0 Å². The zero-order valence-corrected chi connectivity index (χ0v) is 12.2. The van der Waals surface area contributed by atoms with E-state index in [0.29, 0.717) is 11.5 Å². The van der Waals surface area contributed by atoms with Crippen LogP contribution in [0.15, 0.2) is 12.1 Å². The number of hydrogen-bond donors (Lipinski definition) is 1. The van der Waals surface area contributed by atoms with Gasteiger partial charge in [0.15, 0.2) is 11.5 Å². The average Bonchev–Trinajstić information content (AvgIpc) is 2.91. The van der Waals surface area contributed by atoms with E-state index in [-0.39, 0.29) is 0 Å². The summed E-state index contributed by atoms with van der Waals surface area (Å²) in [6, 6.07) is 4.94. The van der Waals surface area contributed by atoms with E-state index in [9.17, 15) is 0 Å². The van der Waals surface area contributed by atoms with Crippen molar-refractivity contribution in [1.29, 1.82) is 0 Å². The largest absolute Gasteiger partial charge is 0.493 e. The van der Waals surface area contributed by atoms with E-state index in [1.165, 1.54) is 43.4 Å². The quantitative estimate of drug-likeness (QED) is 0.886. The molecule has 1 aliphatic heterocycles. The first-order chi connectivity index (χ1) is 9.20. The molecule has 2 N–H and O–H groups in total. The molecule has 0 aromatic heterocycles. The fourth-order valence-electron chi connectivity index (χ4n) is 3.90. The summed E-state index contributed by atoms with van der Waals surface area (Å²) in [6.07, 6.45) is 5.35. The minimum atomic E-state index is 0.376. The molecule has 0 saturated heterocycles. The molecule has 1 fully saturated rings. The Hall–Kier alpha value is -1.22. The monoisotopic (exact) mass is 262 g/mol. The lowest BCUT2D eigenvalue weighted by molar-refractivity contribution is -0.703. The van der Waals surface area contributed by atoms with Gasteiger partial charge in [0.05, 0.1) is 20.8 Å². The highest BCUT2D eigenvalue weighted by Crippen LogP contribution is 2.47. The molecule has 1 saturated carbocycles. The number of rotatable bonds is 2. The maximum absolute atomic E-state index is 5.51. The number of hydrogen-bond acceptors (Lipinski definition) is 2. The van der Waals surface area contributed by atoms with E-state index in [4.69, 9.17) is 9.47 Å². The van der Waals surface area contributed by atoms with Crippen LogP contribution in [0, 0.1) is 0 Å². The molecule has 0 radical (unpaired) electrons. The van der Waals surface area contributed by atoms with Crippen LogP contribution in [0.5, 0.6) is 11.5 Å². The van der Waals surface area contributed by atoms with E-state index in [2.05, 4.69) is 24.4 Å². The van der Waals surface area contributed by atoms with Crippen molar-refractivity contribution in [2.45, 2.75) is 44.1 Å². The van der Waals surface area contributed by atoms with Crippen LogP contribution in [0.25, 0.3) is 0 Å². The van der Waals surface area contributed by atoms with Crippen LogP contribution >= 0.6 is 0 Å². The number of quaternary nitrogens is 1. The van der Waals surface area contributed by atoms with Crippen molar-refractivity contribution in [2.24, 2.45) is 0 Å². The first-order valence-electron chi connectivity index (χ1n) is 7.30. The van der Waals surface area contributed by atoms with Gasteiger partial charge >= 0.3 is 0 Å². The molecule has 0 bridgehead atoms. The topological polar surface area (TPSA) is 35.1 Å². The van der Waals surface area contributed by atoms with Crippen LogP contribution in [0.2, 0.25) is 0 Å². The fourth-order valence-corrected chi connectivity index (χ4v) is 3.90. The molecule has 1 spiro atoms. The first kappa shape index (κ1) is 12.8. The van der Waals surface area contributed by atoms with Crippen LogP contribution in [0.3, 0.4) is 0 Å². The van der Waals surface area contributed by atoms with Crippen LogP contribution in [-0.2, 0) is 5.41 Å². The molecule has 1 atom stereocenters. The highest BCUT2D eigenvalue weighted by atomic mass is 16.5. The van der Waals surface area contributed by atoms with Gasteiger partial charge < -0.3 is 14.8 Å². The fraction of sp³-hybridized carbons (Fsp3) is 0.625. The summed E-state index contributed by atoms with van der Waals surface area (Å²) in [6.45, 7) is 3.50. The summed E-state index contributed by atoms with van der Waals surface area (Å²) in [5.41, 5.74) is 3.32. The van der Waals surface area contributed by atoms with Gasteiger partial charge in [-0.1, -0.05) is 12.8 Å². The van der Waals surface area contributed by atoms with Gasteiger partial charge in [0.2, 0.25) is 0 Å². The van der Waals surface area contributed by atoms with E-state index in [0.717, 1.165) is 11.5 Å². The average molecular weight is 262 g/mol. The second-order valence-corrected chi connectivity index (χ2v) is 6.01. The number of fused-ring (bicyclic) bond motifs is 2. The lowest BCUT2D eigenvalue weighted by atomic mass is 9.72. The van der Waals surface area contributed by atoms with Gasteiger partial charge in [-0.3, -0.25) is 0 Å². The SMILES string of the molecule is COc1cc2c(cc1OC)C1(CCCC1)C[NH2+][C@H]2C. The Morgan fingerprint density at radius 1 is 1.11 bits per heavy atom. The van der Waals surface area contributed by atoms with Crippen LogP contribution in [0.1, 0.15) is 49.8 Å². The molecular weight excluding hydrogens is 238 g/mol. The predicted molar refractivity (Wildman–Crippen MR) is 74.9 cm³/mol. The van der Waals surface area contributed by atoms with E-state index in [1.807, 2.05) is 0 Å². The third-order valence-corrected chi connectivity index (χ3v) is 5.04. The summed E-state index contributed by atoms with van der Waals surface area (Å²) >= 11 is 0. The van der Waals surface area contributed by atoms with Crippen LogP contribution in [0.4, 0.5) is 0 Å². The minimum absolute atomic E-state index is 0.376. The highest BCUT2D eigenvalue weighted by Gasteiger charge is 2.44. The van der Waals surface area contributed by atoms with Crippen molar-refractivity contribution in [3.8, 4) is 11.5 Å². The van der Waals surface area contributed by atoms with Gasteiger partial charge in [-0.05, 0) is 37.5 Å². The van der Waals surface area contributed by atoms with Crippen LogP contribution in [-0.4, -0.2) is 20.8 Å². The second kappa shape index (κ2) is 4.71. The number of methoxy groups -OCH3 is 2. The summed E-state index contributed by atoms with van der Waals surface area (Å²) < 4.78 is 11.0. The molecule has 0 unspecified atom stereocenters. The van der Waals surface area contributed by atoms with E-state index < -0.39 is 0 Å². The van der Waals surface area contributed by atoms with Gasteiger partial charge in [0, 0.05) is 11.0 Å². The lowest BCUT2D eigenvalue weighted by Crippen LogP contribution is -2.89. The van der Waals surface area contributed by atoms with Crippen molar-refractivity contribution in [2.75, 3.05) is 20.8 Å². The van der Waals surface area contributed by atoms with Gasteiger partial charge in [-0.25, -0.2) is 0 Å². The third-order valence-electron chi connectivity index (χ3n) is 5.04. The molecule has 0 amide bonds. The normalized spacial score (nSPS) is 24.3. The molecule has 104 valence electrons. The molecule has 2 aliphatic rings. The third kappa shape index (κ3) is 1.91. The molecule has 3 nitrogen and oxygen atoms in total. The first-order valence-corrected chi connectivity index (χ1v) is 7.30. The van der Waals surface area contributed by atoms with Crippen molar-refractivity contribution in [1.82, 2.24) is 0 Å². The molecule has 19 heavy (non-hydrogen) atoms. The molecule has 1 aliphatic carbocycles. The molecule has 1 heterocycles. The summed E-state index contributed by atoms with van der Waals surface area (Å²) in [5.74, 6) is 1.73. The van der Waals surface area contributed by atoms with Gasteiger partial charge in [0.25, 0.3) is 0 Å². The predicted octanol–water partition coefficient (Wildman–Crippen LogP) is 2.15. The maximum Gasteiger partial charge on any atom is 0.161 e. The van der Waals surface area contributed by atoms with Crippen molar-refractivity contribution in [3.05, 3.63) is 23.3 Å². The van der Waals surface area contributed by atoms with Gasteiger partial charge in [0.1, 0.15) is 6.04 Å². The molecule has 1 aromatic rings. The Bertz CT molecular complexity index is 478.